The Hall–Kier alpha value is -3.82. The number of aromatic amines is 1. The van der Waals surface area contributed by atoms with E-state index in [-0.39, 0.29) is 0 Å². The number of aromatic nitrogens is 3. The summed E-state index contributed by atoms with van der Waals surface area (Å²) in [6.07, 6.45) is 7.29. The average molecular weight is 408 g/mol. The largest absolute Gasteiger partial charge is 0.489 e. The highest BCUT2D eigenvalue weighted by Gasteiger charge is 2.30. The Kier molecular flexibility index (Phi) is 4.33. The highest BCUT2D eigenvalue weighted by Crippen LogP contribution is 2.39. The number of H-pyrrole nitrogens is 1. The lowest BCUT2D eigenvalue weighted by Crippen LogP contribution is -2.51. The van der Waals surface area contributed by atoms with Crippen LogP contribution in [0.2, 0.25) is 0 Å². The molecule has 1 atom stereocenters. The minimum absolute atomic E-state index is 0.297. The van der Waals surface area contributed by atoms with Crippen molar-refractivity contribution in [3.05, 3.63) is 72.3 Å². The summed E-state index contributed by atoms with van der Waals surface area (Å²) < 4.78 is 11.7. The molecule has 4 aromatic rings. The minimum Gasteiger partial charge on any atom is -0.489 e. The molecule has 2 aliphatic rings. The first kappa shape index (κ1) is 18.0. The predicted molar refractivity (Wildman–Crippen MR) is 119 cm³/mol. The summed E-state index contributed by atoms with van der Waals surface area (Å²) in [4.78, 5) is 14.3. The van der Waals surface area contributed by atoms with Gasteiger partial charge in [-0.25, -0.2) is 4.98 Å². The van der Waals surface area contributed by atoms with Crippen molar-refractivity contribution in [2.24, 2.45) is 0 Å². The average Bonchev–Trinajstić information content (AvgIpc) is 3.26. The van der Waals surface area contributed by atoms with Gasteiger partial charge in [-0.15, -0.1) is 0 Å². The van der Waals surface area contributed by atoms with Gasteiger partial charge >= 0.3 is 0 Å². The Balaban J connectivity index is 1.36. The van der Waals surface area contributed by atoms with E-state index in [0.29, 0.717) is 12.6 Å². The number of nitrogens with one attached hydrogen (secondary N) is 1. The molecule has 6 rings (SSSR count). The van der Waals surface area contributed by atoms with E-state index in [1.807, 2.05) is 18.3 Å². The van der Waals surface area contributed by atoms with Crippen LogP contribution in [0.4, 0.5) is 5.69 Å². The lowest BCUT2D eigenvalue weighted by Gasteiger charge is -2.41. The molecule has 0 saturated carbocycles. The second kappa shape index (κ2) is 7.46. The summed E-state index contributed by atoms with van der Waals surface area (Å²) in [5.41, 5.74) is 5.91. The molecule has 3 aromatic heterocycles. The number of morpholine rings is 1. The van der Waals surface area contributed by atoms with E-state index in [2.05, 4.69) is 56.0 Å². The zero-order valence-corrected chi connectivity index (χ0v) is 16.8. The molecule has 1 saturated heterocycles. The van der Waals surface area contributed by atoms with Crippen molar-refractivity contribution in [2.75, 3.05) is 31.3 Å². The number of rotatable bonds is 1. The summed E-state index contributed by atoms with van der Waals surface area (Å²) >= 11 is 0. The van der Waals surface area contributed by atoms with Crippen molar-refractivity contribution in [1.82, 2.24) is 15.0 Å². The summed E-state index contributed by atoms with van der Waals surface area (Å²) in [7, 11) is 0. The highest BCUT2D eigenvalue weighted by atomic mass is 16.5. The smallest absolute Gasteiger partial charge is 0.143 e. The van der Waals surface area contributed by atoms with E-state index in [0.717, 1.165) is 64.5 Å². The van der Waals surface area contributed by atoms with E-state index < -0.39 is 0 Å². The van der Waals surface area contributed by atoms with E-state index in [4.69, 9.17) is 9.47 Å². The van der Waals surface area contributed by atoms with Crippen molar-refractivity contribution in [1.29, 1.82) is 0 Å². The van der Waals surface area contributed by atoms with Gasteiger partial charge < -0.3 is 19.4 Å². The normalized spacial score (nSPS) is 17.3. The summed E-state index contributed by atoms with van der Waals surface area (Å²) in [5, 5.41) is 1.04. The van der Waals surface area contributed by atoms with Crippen molar-refractivity contribution in [2.45, 2.75) is 6.04 Å². The van der Waals surface area contributed by atoms with E-state index >= 15 is 0 Å². The topological polar surface area (TPSA) is 63.3 Å². The third-order valence-corrected chi connectivity index (χ3v) is 5.78. The van der Waals surface area contributed by atoms with Gasteiger partial charge in [0.15, 0.2) is 0 Å². The number of pyridine rings is 2. The Morgan fingerprint density at radius 2 is 2.03 bits per heavy atom. The van der Waals surface area contributed by atoms with Gasteiger partial charge in [0, 0.05) is 53.4 Å². The number of hydrogen-bond acceptors (Lipinski definition) is 5. The van der Waals surface area contributed by atoms with Crippen LogP contribution in [-0.4, -0.2) is 47.4 Å². The molecule has 6 nitrogen and oxygen atoms in total. The summed E-state index contributed by atoms with van der Waals surface area (Å²) in [6, 6.07) is 12.6. The summed E-state index contributed by atoms with van der Waals surface area (Å²) in [6.45, 7) is 3.03. The van der Waals surface area contributed by atoms with Crippen molar-refractivity contribution in [3.8, 4) is 28.7 Å². The van der Waals surface area contributed by atoms with E-state index in [1.165, 1.54) is 0 Å². The third-order valence-electron chi connectivity index (χ3n) is 5.78. The molecule has 1 N–H and O–H groups in total. The van der Waals surface area contributed by atoms with Crippen LogP contribution in [0.15, 0.2) is 61.2 Å². The molecule has 1 fully saturated rings. The minimum atomic E-state index is 0.297. The maximum atomic E-state index is 6.08. The number of anilines is 1. The molecule has 1 unspecified atom stereocenters. The molecule has 0 amide bonds. The fourth-order valence-electron chi connectivity index (χ4n) is 4.22. The van der Waals surface area contributed by atoms with E-state index in [1.54, 1.807) is 18.6 Å². The lowest BCUT2D eigenvalue weighted by atomic mass is 10.0. The Bertz CT molecular complexity index is 1320. The van der Waals surface area contributed by atoms with Gasteiger partial charge in [0.05, 0.1) is 24.9 Å². The fraction of sp³-hybridized carbons (Fsp3) is 0.200. The van der Waals surface area contributed by atoms with E-state index in [9.17, 15) is 0 Å². The molecule has 0 radical (unpaired) electrons. The maximum absolute atomic E-state index is 6.08. The van der Waals surface area contributed by atoms with Gasteiger partial charge in [-0.05, 0) is 35.9 Å². The molecule has 31 heavy (non-hydrogen) atoms. The Morgan fingerprint density at radius 3 is 2.97 bits per heavy atom. The fourth-order valence-corrected chi connectivity index (χ4v) is 4.22. The first-order valence-electron chi connectivity index (χ1n) is 10.4. The molecule has 0 spiro atoms. The van der Waals surface area contributed by atoms with Gasteiger partial charge in [0.2, 0.25) is 0 Å². The van der Waals surface area contributed by atoms with Gasteiger partial charge in [-0.2, -0.15) is 0 Å². The molecule has 5 heterocycles. The van der Waals surface area contributed by atoms with Crippen LogP contribution >= 0.6 is 0 Å². The third kappa shape index (κ3) is 3.29. The van der Waals surface area contributed by atoms with Crippen molar-refractivity contribution >= 4 is 16.7 Å². The lowest BCUT2D eigenvalue weighted by molar-refractivity contribution is 0.0705. The number of hydrogen-bond donors (Lipinski definition) is 1. The molecule has 0 bridgehead atoms. The zero-order valence-electron chi connectivity index (χ0n) is 16.8. The standard InChI is InChI=1S/C25H20N4O2/c1-2-17(12-26-7-1)3-4-18-10-21-22(14-28-25(21)27-13-18)19-5-6-23-24(11-19)31-16-20-15-30-9-8-29(20)23/h1-2,5-7,10-14,20H,8-9,15-16H2,(H,27,28). The van der Waals surface area contributed by atoms with Gasteiger partial charge in [-0.1, -0.05) is 17.9 Å². The first-order valence-corrected chi connectivity index (χ1v) is 10.4. The highest BCUT2D eigenvalue weighted by molar-refractivity contribution is 5.95. The van der Waals surface area contributed by atoms with Crippen LogP contribution < -0.4 is 9.64 Å². The zero-order chi connectivity index (χ0) is 20.6. The molecule has 1 aromatic carbocycles. The SMILES string of the molecule is C(#Cc1cnc2[nH]cc(-c3ccc4c(c3)OCC3COCCN43)c2c1)c1cccnc1. The number of fused-ring (bicyclic) bond motifs is 4. The van der Waals surface area contributed by atoms with Gasteiger partial charge in [0.25, 0.3) is 0 Å². The number of nitrogens with zero attached hydrogens (tertiary/aromatic N) is 3. The van der Waals surface area contributed by atoms with Crippen LogP contribution in [-0.2, 0) is 4.74 Å². The second-order valence-electron chi connectivity index (χ2n) is 7.73. The maximum Gasteiger partial charge on any atom is 0.143 e. The Morgan fingerprint density at radius 1 is 1.06 bits per heavy atom. The van der Waals surface area contributed by atoms with Crippen LogP contribution in [0.1, 0.15) is 11.1 Å². The number of ether oxygens (including phenoxy) is 2. The van der Waals surface area contributed by atoms with Crippen molar-refractivity contribution < 1.29 is 9.47 Å². The second-order valence-corrected chi connectivity index (χ2v) is 7.73. The van der Waals surface area contributed by atoms with Crippen LogP contribution in [0.25, 0.3) is 22.2 Å². The van der Waals surface area contributed by atoms with Crippen LogP contribution in [0.3, 0.4) is 0 Å². The molecular formula is C25H20N4O2. The monoisotopic (exact) mass is 408 g/mol. The van der Waals surface area contributed by atoms with Gasteiger partial charge in [0.1, 0.15) is 18.0 Å². The molecule has 0 aliphatic carbocycles. The molecule has 6 heteroatoms. The molecular weight excluding hydrogens is 388 g/mol. The van der Waals surface area contributed by atoms with Gasteiger partial charge in [-0.3, -0.25) is 4.98 Å². The predicted octanol–water partition coefficient (Wildman–Crippen LogP) is 3.62. The Labute approximate surface area is 179 Å². The van der Waals surface area contributed by atoms with Crippen molar-refractivity contribution in [3.63, 3.8) is 0 Å². The summed E-state index contributed by atoms with van der Waals surface area (Å²) in [5.74, 6) is 7.26. The number of benzene rings is 1. The van der Waals surface area contributed by atoms with Crippen LogP contribution in [0.5, 0.6) is 5.75 Å². The van der Waals surface area contributed by atoms with Crippen LogP contribution in [0, 0.1) is 11.8 Å². The molecule has 152 valence electrons. The quantitative estimate of drug-likeness (QED) is 0.488. The first-order chi connectivity index (χ1) is 15.3. The molecule has 2 aliphatic heterocycles.